The zero-order chi connectivity index (χ0) is 67.8. The summed E-state index contributed by atoms with van der Waals surface area (Å²) in [6, 6.07) is 74.6. The number of oxazole rings is 2. The number of rotatable bonds is 10. The summed E-state index contributed by atoms with van der Waals surface area (Å²) in [5, 5.41) is 0.900. The maximum absolute atomic E-state index is 15.1. The van der Waals surface area contributed by atoms with Crippen molar-refractivity contribution in [1.82, 2.24) is 20.1 Å². The highest BCUT2D eigenvalue weighted by Crippen LogP contribution is 2.35. The van der Waals surface area contributed by atoms with Gasteiger partial charge < -0.3 is 18.5 Å². The Bertz CT molecular complexity index is 4250. The number of aromatic nitrogens is 2. The number of hydrogen-bond donors (Lipinski definition) is 0. The van der Waals surface area contributed by atoms with Gasteiger partial charge in [-0.05, 0) is 95.1 Å². The summed E-state index contributed by atoms with van der Waals surface area (Å²) >= 11 is 0. The summed E-state index contributed by atoms with van der Waals surface area (Å²) in [6.07, 6.45) is 2.74. The second kappa shape index (κ2) is 33.7. The van der Waals surface area contributed by atoms with Crippen LogP contribution in [0.3, 0.4) is 0 Å². The highest BCUT2D eigenvalue weighted by Gasteiger charge is 2.34. The molecule has 0 atom stereocenters. The van der Waals surface area contributed by atoms with Gasteiger partial charge in [0.15, 0.2) is 24.0 Å². The molecule has 0 aliphatic carbocycles. The molecule has 0 radical (unpaired) electrons. The Kier molecular flexibility index (Phi) is 23.8. The molecule has 2 aliphatic rings. The van der Waals surface area contributed by atoms with Crippen molar-refractivity contribution in [3.8, 4) is 0 Å². The van der Waals surface area contributed by atoms with Crippen molar-refractivity contribution < 1.29 is 73.6 Å². The molecule has 10 aromatic carbocycles. The van der Waals surface area contributed by atoms with Gasteiger partial charge in [0.1, 0.15) is 46.0 Å². The summed E-state index contributed by atoms with van der Waals surface area (Å²) in [6.45, 7) is 0. The van der Waals surface area contributed by atoms with Crippen LogP contribution in [0.1, 0.15) is 79.8 Å². The van der Waals surface area contributed by atoms with Crippen LogP contribution in [0.2, 0.25) is 0 Å². The van der Waals surface area contributed by atoms with Crippen molar-refractivity contribution in [1.29, 1.82) is 0 Å². The number of fused-ring (bicyclic) bond motifs is 2. The van der Waals surface area contributed by atoms with Crippen molar-refractivity contribution in [3.05, 3.63) is 347 Å². The third-order valence-corrected chi connectivity index (χ3v) is 13.8. The topological polar surface area (TPSA) is 179 Å². The summed E-state index contributed by atoms with van der Waals surface area (Å²) in [5.41, 5.74) is 8.44. The molecule has 12 aromatic rings. The molecule has 2 fully saturated rings. The Balaban J connectivity index is 0.000000138. The quantitative estimate of drug-likeness (QED) is 0.0719. The van der Waals surface area contributed by atoms with Gasteiger partial charge >= 0.3 is 11.9 Å². The van der Waals surface area contributed by atoms with E-state index in [9.17, 15) is 46.3 Å². The number of carbonyl (C=O) groups excluding carboxylic acids is 6. The van der Waals surface area contributed by atoms with Crippen LogP contribution in [-0.4, -0.2) is 55.7 Å². The Morgan fingerprint density at radius 3 is 0.844 bits per heavy atom. The van der Waals surface area contributed by atoms with Gasteiger partial charge in [-0.3, -0.25) is 19.2 Å². The molecule has 96 heavy (non-hydrogen) atoms. The number of imide groups is 2. The molecule has 0 saturated carbocycles. The number of carbonyl (C=O) groups is 6. The maximum Gasteiger partial charge on any atom is 0.363 e. The minimum atomic E-state index is -0.867. The second-order valence-electron chi connectivity index (χ2n) is 20.4. The lowest BCUT2D eigenvalue weighted by atomic mass is 9.95. The molecule has 0 bridgehead atoms. The Morgan fingerprint density at radius 2 is 0.573 bits per heavy atom. The fourth-order valence-corrected chi connectivity index (χ4v) is 9.14. The van der Waals surface area contributed by atoms with Gasteiger partial charge in [-0.1, -0.05) is 182 Å². The summed E-state index contributed by atoms with van der Waals surface area (Å²) in [4.78, 5) is 84.5. The number of halogens is 6. The summed E-state index contributed by atoms with van der Waals surface area (Å²) in [5.74, 6) is -5.90. The number of benzene rings is 10. The van der Waals surface area contributed by atoms with E-state index in [0.717, 1.165) is 46.5 Å². The number of hydrogen-bond acceptors (Lipinski definition) is 12. The monoisotopic (exact) mass is 1290 g/mol. The molecule has 0 spiro atoms. The molecule has 0 unspecified atom stereocenters. The van der Waals surface area contributed by atoms with Gasteiger partial charge in [0.05, 0.1) is 11.1 Å². The summed E-state index contributed by atoms with van der Waals surface area (Å²) < 4.78 is 90.0. The van der Waals surface area contributed by atoms with Gasteiger partial charge in [0.2, 0.25) is 0 Å². The van der Waals surface area contributed by atoms with Crippen LogP contribution in [-0.2, 0) is 28.9 Å². The smallest absolute Gasteiger partial charge is 0.363 e. The Labute approximate surface area is 545 Å². The number of hydroxylamine groups is 4. The first-order chi connectivity index (χ1) is 46.6. The van der Waals surface area contributed by atoms with Gasteiger partial charge in [0.25, 0.3) is 23.6 Å². The minimum Gasteiger partial charge on any atom is -0.443 e. The highest BCUT2D eigenvalue weighted by atomic mass is 19.1. The van der Waals surface area contributed by atoms with Gasteiger partial charge in [-0.25, -0.2) is 45.9 Å². The van der Waals surface area contributed by atoms with E-state index in [1.54, 1.807) is 36.4 Å². The third-order valence-electron chi connectivity index (χ3n) is 13.8. The van der Waals surface area contributed by atoms with E-state index in [1.165, 1.54) is 61.3 Å². The van der Waals surface area contributed by atoms with Gasteiger partial charge in [-0.15, -0.1) is 10.1 Å². The molecule has 2 aromatic heterocycles. The average Bonchev–Trinajstić information content (AvgIpc) is 1.31. The maximum atomic E-state index is 15.1. The van der Waals surface area contributed by atoms with Crippen LogP contribution in [0.15, 0.2) is 289 Å². The molecule has 2 saturated heterocycles. The van der Waals surface area contributed by atoms with E-state index < -0.39 is 47.2 Å². The van der Waals surface area contributed by atoms with E-state index in [2.05, 4.69) is 19.6 Å². The normalized spacial score (nSPS) is 12.0. The fraction of sp³-hybridized carbons (Fsp3) is 0.0526. The Morgan fingerprint density at radius 1 is 0.323 bits per heavy atom. The highest BCUT2D eigenvalue weighted by molar-refractivity contribution is 6.04. The number of amides is 4. The molecule has 4 amide bonds. The molecule has 14 rings (SSSR count). The van der Waals surface area contributed by atoms with Crippen LogP contribution in [0.25, 0.3) is 45.0 Å². The lowest BCUT2D eigenvalue weighted by molar-refractivity contribution is -0.173. The fourth-order valence-electron chi connectivity index (χ4n) is 9.14. The molecule has 14 nitrogen and oxygen atoms in total. The van der Waals surface area contributed by atoms with Crippen molar-refractivity contribution in [2.45, 2.75) is 25.7 Å². The van der Waals surface area contributed by atoms with Gasteiger partial charge in [-0.2, -0.15) is 0 Å². The lowest BCUT2D eigenvalue weighted by Gasteiger charge is -2.12. The number of nitrogens with zero attached hydrogens (tertiary/aromatic N) is 4. The van der Waals surface area contributed by atoms with Crippen LogP contribution in [0.4, 0.5) is 26.3 Å². The predicted molar refractivity (Wildman–Crippen MR) is 346 cm³/mol. The largest absolute Gasteiger partial charge is 0.443 e. The second-order valence-corrected chi connectivity index (χ2v) is 20.4. The van der Waals surface area contributed by atoms with E-state index in [0.29, 0.717) is 54.6 Å². The van der Waals surface area contributed by atoms with Crippen LogP contribution in [0.5, 0.6) is 0 Å². The van der Waals surface area contributed by atoms with Crippen molar-refractivity contribution >= 4 is 80.6 Å². The van der Waals surface area contributed by atoms with Crippen LogP contribution >= 0.6 is 0 Å². The van der Waals surface area contributed by atoms with E-state index in [4.69, 9.17) is 8.83 Å². The summed E-state index contributed by atoms with van der Waals surface area (Å²) in [7, 11) is 0. The van der Waals surface area contributed by atoms with E-state index in [1.807, 2.05) is 158 Å². The van der Waals surface area contributed by atoms with Crippen molar-refractivity contribution in [2.75, 3.05) is 0 Å². The molecule has 0 N–H and O–H groups in total. The van der Waals surface area contributed by atoms with Gasteiger partial charge in [0, 0.05) is 60.1 Å². The van der Waals surface area contributed by atoms with Crippen LogP contribution in [0, 0.1) is 23.3 Å². The van der Waals surface area contributed by atoms with Crippen molar-refractivity contribution in [2.24, 2.45) is 0 Å². The first-order valence-electron chi connectivity index (χ1n) is 29.4. The van der Waals surface area contributed by atoms with Crippen LogP contribution < -0.4 is 0 Å². The first-order valence-corrected chi connectivity index (χ1v) is 29.4. The van der Waals surface area contributed by atoms with E-state index >= 15 is 8.78 Å². The molecule has 4 heterocycles. The van der Waals surface area contributed by atoms with Crippen molar-refractivity contribution in [3.63, 3.8) is 0 Å². The molecule has 20 heteroatoms. The minimum absolute atomic E-state index is 0.0372. The average molecular weight is 1290 g/mol. The standard InChI is InChI=1S/2C20H15F.2C11H8FNO4.2C7H4FNO/c2*21-20(18-14-8-3-9-15-18)19(16-10-4-1-5-11-16)17-12-6-2-7-13-17;2*12-8-3-1-7(2-4-8)11(16)17-13-9(14)5-6-10(13)15;2*8-5-1-2-7-6(3-5)9-4-10-7/h2*1-15H;2*1-4H,5-6H2;2*1-4H/i21-1;;12-1;;8-1;. The predicted octanol–water partition coefficient (Wildman–Crippen LogP) is 17.2. The molecular formula is C76H54F6N4O10. The first kappa shape index (κ1) is 67.8. The Hall–Kier alpha value is -12.6. The third kappa shape index (κ3) is 18.8. The zero-order valence-electron chi connectivity index (χ0n) is 50.5. The molecule has 480 valence electrons. The molecule has 2 aliphatic heterocycles. The lowest BCUT2D eigenvalue weighted by Crippen LogP contribution is -2.32. The van der Waals surface area contributed by atoms with E-state index in [-0.39, 0.29) is 60.1 Å². The molecular weight excluding hydrogens is 1240 g/mol. The zero-order valence-corrected chi connectivity index (χ0v) is 50.5. The SMILES string of the molecule is FC(=C(c1ccccc1)c1ccccc1)c1ccccc1.Fc1ccc2ocnc2c1.O=C(ON1C(=O)CCC1=O)c1ccc(F)cc1.O=C(ON1C(=O)CCC1=O)c1ccc([18F])cc1.[18F]C(=C(c1ccccc1)c1ccccc1)c1ccccc1.[18F]c1ccc2ocnc2c1.